The minimum Gasteiger partial charge on any atom is -0.388 e. The van der Waals surface area contributed by atoms with E-state index in [2.05, 4.69) is 20.9 Å². The van der Waals surface area contributed by atoms with Gasteiger partial charge in [0.1, 0.15) is 0 Å². The van der Waals surface area contributed by atoms with E-state index in [0.29, 0.717) is 42.6 Å². The Kier molecular flexibility index (Phi) is 12.3. The van der Waals surface area contributed by atoms with Crippen LogP contribution < -0.4 is 16.0 Å². The number of carbonyl (C=O) groups excluding carboxylic acids is 1. The third kappa shape index (κ3) is 9.01. The highest BCUT2D eigenvalue weighted by Gasteiger charge is 2.09. The average Bonchev–Trinajstić information content (AvgIpc) is 2.71. The van der Waals surface area contributed by atoms with E-state index in [-0.39, 0.29) is 29.9 Å². The molecule has 1 unspecified atom stereocenters. The fourth-order valence-corrected chi connectivity index (χ4v) is 2.80. The molecule has 0 radical (unpaired) electrons. The number of hydrogen-bond acceptors (Lipinski definition) is 3. The summed E-state index contributed by atoms with van der Waals surface area (Å²) >= 11 is 6.02. The smallest absolute Gasteiger partial charge is 0.252 e. The number of aliphatic hydroxyl groups excluding tert-OH is 1. The van der Waals surface area contributed by atoms with E-state index in [1.165, 1.54) is 0 Å². The number of hydrogen-bond donors (Lipinski definition) is 4. The molecule has 0 saturated heterocycles. The van der Waals surface area contributed by atoms with Crippen LogP contribution in [-0.2, 0) is 0 Å². The van der Waals surface area contributed by atoms with Gasteiger partial charge in [0.05, 0.1) is 16.7 Å². The molecule has 0 aliphatic carbocycles. The summed E-state index contributed by atoms with van der Waals surface area (Å²) in [6.45, 7) is 4.13. The number of amides is 1. The van der Waals surface area contributed by atoms with Crippen molar-refractivity contribution in [3.63, 3.8) is 0 Å². The normalized spacial score (nSPS) is 11.9. The van der Waals surface area contributed by atoms with E-state index >= 15 is 0 Å². The van der Waals surface area contributed by atoms with Crippen LogP contribution in [0.5, 0.6) is 0 Å². The molecule has 1 amide bonds. The first-order valence-electron chi connectivity index (χ1n) is 9.39. The molecular formula is C21H28ClIN4O2. The Bertz CT molecular complexity index is 774. The lowest BCUT2D eigenvalue weighted by Crippen LogP contribution is -2.41. The molecule has 29 heavy (non-hydrogen) atoms. The molecule has 6 nitrogen and oxygen atoms in total. The lowest BCUT2D eigenvalue weighted by atomic mass is 10.1. The molecule has 2 aromatic rings. The maximum Gasteiger partial charge on any atom is 0.252 e. The molecule has 8 heteroatoms. The molecule has 0 heterocycles. The van der Waals surface area contributed by atoms with E-state index in [1.54, 1.807) is 24.3 Å². The number of guanidine groups is 1. The van der Waals surface area contributed by atoms with Crippen molar-refractivity contribution in [3.05, 3.63) is 70.7 Å². The summed E-state index contributed by atoms with van der Waals surface area (Å²) in [5.74, 6) is 0.440. The van der Waals surface area contributed by atoms with Gasteiger partial charge in [-0.25, -0.2) is 0 Å². The standard InChI is InChI=1S/C21H27ClN4O2.HI/c1-2-23-21(25-13-12-19(27)16-8-4-3-5-9-16)26-15-14-24-20(28)17-10-6-7-11-18(17)22;/h3-11,19,27H,2,12-15H2,1H3,(H,24,28)(H2,23,25,26);1H. The van der Waals surface area contributed by atoms with Crippen LogP contribution in [-0.4, -0.2) is 43.2 Å². The average molecular weight is 531 g/mol. The highest BCUT2D eigenvalue weighted by molar-refractivity contribution is 14.0. The first-order valence-corrected chi connectivity index (χ1v) is 9.77. The first-order chi connectivity index (χ1) is 13.6. The zero-order valence-electron chi connectivity index (χ0n) is 16.4. The zero-order chi connectivity index (χ0) is 20.2. The van der Waals surface area contributed by atoms with Gasteiger partial charge in [-0.3, -0.25) is 9.79 Å². The highest BCUT2D eigenvalue weighted by Crippen LogP contribution is 2.15. The molecular weight excluding hydrogens is 503 g/mol. The van der Waals surface area contributed by atoms with E-state index in [9.17, 15) is 9.90 Å². The molecule has 1 atom stereocenters. The van der Waals surface area contributed by atoms with Gasteiger partial charge < -0.3 is 21.1 Å². The number of carbonyl (C=O) groups is 1. The largest absolute Gasteiger partial charge is 0.388 e. The lowest BCUT2D eigenvalue weighted by molar-refractivity contribution is 0.0954. The molecule has 0 aliphatic rings. The molecule has 0 spiro atoms. The zero-order valence-corrected chi connectivity index (χ0v) is 19.5. The SMILES string of the molecule is CCNC(=NCCC(O)c1ccccc1)NCCNC(=O)c1ccccc1Cl.I. The molecule has 4 N–H and O–H groups in total. The van der Waals surface area contributed by atoms with Crippen molar-refractivity contribution < 1.29 is 9.90 Å². The number of nitrogens with zero attached hydrogens (tertiary/aromatic N) is 1. The summed E-state index contributed by atoms with van der Waals surface area (Å²) in [5.41, 5.74) is 1.34. The third-order valence-corrected chi connectivity index (χ3v) is 4.35. The van der Waals surface area contributed by atoms with E-state index in [1.807, 2.05) is 37.3 Å². The second-order valence-electron chi connectivity index (χ2n) is 6.14. The Balaban J connectivity index is 0.00000420. The second kappa shape index (κ2) is 14.2. The van der Waals surface area contributed by atoms with Crippen molar-refractivity contribution in [3.8, 4) is 0 Å². The van der Waals surface area contributed by atoms with Crippen LogP contribution in [0.1, 0.15) is 35.4 Å². The van der Waals surface area contributed by atoms with Crippen molar-refractivity contribution >= 4 is 47.4 Å². The number of benzene rings is 2. The Morgan fingerprint density at radius 3 is 2.38 bits per heavy atom. The minimum absolute atomic E-state index is 0. The third-order valence-electron chi connectivity index (χ3n) is 4.02. The van der Waals surface area contributed by atoms with Gasteiger partial charge in [0.15, 0.2) is 5.96 Å². The Labute approximate surface area is 194 Å². The number of aliphatic imine (C=N–C) groups is 1. The van der Waals surface area contributed by atoms with Crippen molar-refractivity contribution in [2.45, 2.75) is 19.4 Å². The van der Waals surface area contributed by atoms with Gasteiger partial charge >= 0.3 is 0 Å². The molecule has 0 fully saturated rings. The van der Waals surface area contributed by atoms with E-state index in [4.69, 9.17) is 11.6 Å². The van der Waals surface area contributed by atoms with Crippen molar-refractivity contribution in [2.75, 3.05) is 26.2 Å². The number of halogens is 2. The van der Waals surface area contributed by atoms with Crippen molar-refractivity contribution in [2.24, 2.45) is 4.99 Å². The predicted octanol–water partition coefficient (Wildman–Crippen LogP) is 3.37. The van der Waals surface area contributed by atoms with Gasteiger partial charge in [-0.2, -0.15) is 0 Å². The molecule has 2 aromatic carbocycles. The van der Waals surface area contributed by atoms with Crippen LogP contribution >= 0.6 is 35.6 Å². The van der Waals surface area contributed by atoms with Gasteiger partial charge in [-0.05, 0) is 31.0 Å². The van der Waals surface area contributed by atoms with Gasteiger partial charge in [0.2, 0.25) is 0 Å². The van der Waals surface area contributed by atoms with Crippen LogP contribution in [0.2, 0.25) is 5.02 Å². The van der Waals surface area contributed by atoms with Gasteiger partial charge in [0.25, 0.3) is 5.91 Å². The Morgan fingerprint density at radius 1 is 1.03 bits per heavy atom. The number of aliphatic hydroxyl groups is 1. The van der Waals surface area contributed by atoms with Crippen molar-refractivity contribution in [1.82, 2.24) is 16.0 Å². The number of nitrogens with one attached hydrogen (secondary N) is 3. The topological polar surface area (TPSA) is 85.8 Å². The van der Waals surface area contributed by atoms with Crippen LogP contribution in [0, 0.1) is 0 Å². The first kappa shape index (κ1) is 25.2. The Morgan fingerprint density at radius 2 is 1.69 bits per heavy atom. The van der Waals surface area contributed by atoms with Crippen LogP contribution in [0.4, 0.5) is 0 Å². The predicted molar refractivity (Wildman–Crippen MR) is 129 cm³/mol. The molecule has 0 saturated carbocycles. The monoisotopic (exact) mass is 530 g/mol. The quantitative estimate of drug-likeness (QED) is 0.173. The maximum atomic E-state index is 12.1. The molecule has 0 aromatic heterocycles. The summed E-state index contributed by atoms with van der Waals surface area (Å²) in [5, 5.41) is 19.8. The molecule has 0 bridgehead atoms. The summed E-state index contributed by atoms with van der Waals surface area (Å²) in [7, 11) is 0. The van der Waals surface area contributed by atoms with Gasteiger partial charge in [-0.1, -0.05) is 54.1 Å². The lowest BCUT2D eigenvalue weighted by Gasteiger charge is -2.13. The van der Waals surface area contributed by atoms with Crippen LogP contribution in [0.25, 0.3) is 0 Å². The maximum absolute atomic E-state index is 12.1. The van der Waals surface area contributed by atoms with Gasteiger partial charge in [0, 0.05) is 26.2 Å². The second-order valence-corrected chi connectivity index (χ2v) is 6.55. The van der Waals surface area contributed by atoms with Crippen LogP contribution in [0.15, 0.2) is 59.6 Å². The Hall–Kier alpha value is -1.84. The van der Waals surface area contributed by atoms with Crippen molar-refractivity contribution in [1.29, 1.82) is 0 Å². The van der Waals surface area contributed by atoms with E-state index < -0.39 is 6.10 Å². The van der Waals surface area contributed by atoms with Crippen LogP contribution in [0.3, 0.4) is 0 Å². The van der Waals surface area contributed by atoms with Gasteiger partial charge in [-0.15, -0.1) is 24.0 Å². The summed E-state index contributed by atoms with van der Waals surface area (Å²) in [6, 6.07) is 16.5. The highest BCUT2D eigenvalue weighted by atomic mass is 127. The molecule has 0 aliphatic heterocycles. The fourth-order valence-electron chi connectivity index (χ4n) is 2.58. The number of rotatable bonds is 9. The van der Waals surface area contributed by atoms with E-state index in [0.717, 1.165) is 12.1 Å². The minimum atomic E-state index is -0.539. The summed E-state index contributed by atoms with van der Waals surface area (Å²) < 4.78 is 0. The summed E-state index contributed by atoms with van der Waals surface area (Å²) in [6.07, 6.45) is -0.00756. The summed E-state index contributed by atoms with van der Waals surface area (Å²) in [4.78, 5) is 16.6. The fraction of sp³-hybridized carbons (Fsp3) is 0.333. The molecule has 158 valence electrons. The molecule has 2 rings (SSSR count).